The van der Waals surface area contributed by atoms with Gasteiger partial charge in [-0.1, -0.05) is 36.4 Å². The van der Waals surface area contributed by atoms with E-state index in [4.69, 9.17) is 11.6 Å². The summed E-state index contributed by atoms with van der Waals surface area (Å²) in [4.78, 5) is 1.61. The molecule has 2 rings (SSSR count). The van der Waals surface area contributed by atoms with Crippen LogP contribution in [0.1, 0.15) is 18.9 Å². The lowest BCUT2D eigenvalue weighted by Gasteiger charge is -2.07. The monoisotopic (exact) mass is 309 g/mol. The highest BCUT2D eigenvalue weighted by Gasteiger charge is 2.05. The highest BCUT2D eigenvalue weighted by molar-refractivity contribution is 7.99. The Labute approximate surface area is 128 Å². The van der Waals surface area contributed by atoms with E-state index < -0.39 is 0 Å². The lowest BCUT2D eigenvalue weighted by Crippen LogP contribution is -2.13. The predicted octanol–water partition coefficient (Wildman–Crippen LogP) is 5.13. The van der Waals surface area contributed by atoms with Crippen LogP contribution in [0.5, 0.6) is 0 Å². The Bertz CT molecular complexity index is 557. The molecule has 0 aliphatic heterocycles. The lowest BCUT2D eigenvalue weighted by molar-refractivity contribution is 0.595. The van der Waals surface area contributed by atoms with Gasteiger partial charge in [0.05, 0.1) is 0 Å². The number of nitrogens with one attached hydrogen (secondary N) is 1. The second-order valence-corrected chi connectivity index (χ2v) is 6.05. The normalized spacial score (nSPS) is 10.8. The van der Waals surface area contributed by atoms with Gasteiger partial charge < -0.3 is 5.32 Å². The standard InChI is InChI=1S/C16H17ClFNS/c1-2-9-19-11-12-3-8-16(15(18)10-12)20-14-6-4-13(17)5-7-14/h3-8,10,19H,2,9,11H2,1H3. The van der Waals surface area contributed by atoms with Gasteiger partial charge in [-0.3, -0.25) is 0 Å². The molecule has 0 unspecified atom stereocenters. The van der Waals surface area contributed by atoms with Crippen LogP contribution < -0.4 is 5.32 Å². The first kappa shape index (κ1) is 15.4. The van der Waals surface area contributed by atoms with Crippen LogP contribution in [-0.4, -0.2) is 6.54 Å². The van der Waals surface area contributed by atoms with Crippen LogP contribution in [0.4, 0.5) is 4.39 Å². The number of rotatable bonds is 6. The van der Waals surface area contributed by atoms with E-state index in [0.717, 1.165) is 23.4 Å². The van der Waals surface area contributed by atoms with E-state index in [0.29, 0.717) is 16.5 Å². The van der Waals surface area contributed by atoms with E-state index in [1.54, 1.807) is 6.07 Å². The molecule has 0 aliphatic rings. The van der Waals surface area contributed by atoms with Crippen molar-refractivity contribution in [2.45, 2.75) is 29.7 Å². The maximum Gasteiger partial charge on any atom is 0.137 e. The minimum Gasteiger partial charge on any atom is -0.313 e. The molecule has 2 aromatic rings. The predicted molar refractivity (Wildman–Crippen MR) is 84.0 cm³/mol. The Morgan fingerprint density at radius 2 is 1.90 bits per heavy atom. The quantitative estimate of drug-likeness (QED) is 0.742. The van der Waals surface area contributed by atoms with Gasteiger partial charge >= 0.3 is 0 Å². The Balaban J connectivity index is 2.03. The van der Waals surface area contributed by atoms with Crippen LogP contribution in [0, 0.1) is 5.82 Å². The molecule has 2 aromatic carbocycles. The molecule has 0 fully saturated rings. The summed E-state index contributed by atoms with van der Waals surface area (Å²) in [6.45, 7) is 3.76. The van der Waals surface area contributed by atoms with Crippen LogP contribution >= 0.6 is 23.4 Å². The van der Waals surface area contributed by atoms with E-state index in [1.807, 2.05) is 36.4 Å². The summed E-state index contributed by atoms with van der Waals surface area (Å²) in [6, 6.07) is 12.8. The van der Waals surface area contributed by atoms with Crippen molar-refractivity contribution in [1.82, 2.24) is 5.32 Å². The molecule has 4 heteroatoms. The van der Waals surface area contributed by atoms with Crippen molar-refractivity contribution in [1.29, 1.82) is 0 Å². The summed E-state index contributed by atoms with van der Waals surface area (Å²) in [5.74, 6) is -0.180. The molecule has 0 amide bonds. The summed E-state index contributed by atoms with van der Waals surface area (Å²) >= 11 is 7.24. The average molecular weight is 310 g/mol. The molecule has 0 aliphatic carbocycles. The molecule has 0 spiro atoms. The molecule has 0 heterocycles. The molecule has 0 atom stereocenters. The van der Waals surface area contributed by atoms with Gasteiger partial charge in [-0.05, 0) is 54.9 Å². The summed E-state index contributed by atoms with van der Waals surface area (Å²) in [5, 5.41) is 3.95. The fourth-order valence-electron chi connectivity index (χ4n) is 1.78. The molecule has 0 saturated heterocycles. The third kappa shape index (κ3) is 4.51. The van der Waals surface area contributed by atoms with Gasteiger partial charge in [0.2, 0.25) is 0 Å². The highest BCUT2D eigenvalue weighted by atomic mass is 35.5. The second-order valence-electron chi connectivity index (χ2n) is 4.50. The molecule has 20 heavy (non-hydrogen) atoms. The van der Waals surface area contributed by atoms with Gasteiger partial charge in [-0.2, -0.15) is 0 Å². The summed E-state index contributed by atoms with van der Waals surface area (Å²) < 4.78 is 14.0. The Kier molecular flexibility index (Phi) is 5.89. The van der Waals surface area contributed by atoms with E-state index in [1.165, 1.54) is 11.8 Å². The molecule has 0 aromatic heterocycles. The van der Waals surface area contributed by atoms with Crippen LogP contribution in [0.3, 0.4) is 0 Å². The first-order chi connectivity index (χ1) is 9.69. The first-order valence-corrected chi connectivity index (χ1v) is 7.81. The summed E-state index contributed by atoms with van der Waals surface area (Å²) in [5.41, 5.74) is 0.969. The minimum atomic E-state index is -0.180. The average Bonchev–Trinajstić information content (AvgIpc) is 2.44. The fourth-order valence-corrected chi connectivity index (χ4v) is 2.72. The topological polar surface area (TPSA) is 12.0 Å². The van der Waals surface area contributed by atoms with Crippen molar-refractivity contribution in [2.24, 2.45) is 0 Å². The second kappa shape index (κ2) is 7.67. The third-order valence-corrected chi connectivity index (χ3v) is 4.10. The number of hydrogen-bond donors (Lipinski definition) is 1. The van der Waals surface area contributed by atoms with Gasteiger partial charge in [-0.25, -0.2) is 4.39 Å². The molecule has 1 N–H and O–H groups in total. The van der Waals surface area contributed by atoms with E-state index in [-0.39, 0.29) is 5.82 Å². The van der Waals surface area contributed by atoms with Crippen molar-refractivity contribution in [2.75, 3.05) is 6.54 Å². The number of halogens is 2. The van der Waals surface area contributed by atoms with Crippen molar-refractivity contribution in [3.63, 3.8) is 0 Å². The van der Waals surface area contributed by atoms with Gasteiger partial charge in [0, 0.05) is 21.4 Å². The summed E-state index contributed by atoms with van der Waals surface area (Å²) in [6.07, 6.45) is 1.08. The van der Waals surface area contributed by atoms with Crippen molar-refractivity contribution < 1.29 is 4.39 Å². The fraction of sp³-hybridized carbons (Fsp3) is 0.250. The molecular weight excluding hydrogens is 293 g/mol. The first-order valence-electron chi connectivity index (χ1n) is 6.61. The van der Waals surface area contributed by atoms with Gasteiger partial charge in [-0.15, -0.1) is 0 Å². The molecule has 0 radical (unpaired) electrons. The van der Waals surface area contributed by atoms with Crippen molar-refractivity contribution >= 4 is 23.4 Å². The molecule has 0 saturated carbocycles. The van der Waals surface area contributed by atoms with Gasteiger partial charge in [0.25, 0.3) is 0 Å². The minimum absolute atomic E-state index is 0.180. The number of benzene rings is 2. The SMILES string of the molecule is CCCNCc1ccc(Sc2ccc(Cl)cc2)c(F)c1. The largest absolute Gasteiger partial charge is 0.313 e. The van der Waals surface area contributed by atoms with E-state index in [2.05, 4.69) is 12.2 Å². The Hall–Kier alpha value is -1.03. The van der Waals surface area contributed by atoms with Gasteiger partial charge in [0.15, 0.2) is 0 Å². The smallest absolute Gasteiger partial charge is 0.137 e. The Morgan fingerprint density at radius 3 is 2.55 bits per heavy atom. The zero-order valence-electron chi connectivity index (χ0n) is 11.3. The van der Waals surface area contributed by atoms with E-state index in [9.17, 15) is 4.39 Å². The molecular formula is C16H17ClFNS. The van der Waals surface area contributed by atoms with Crippen LogP contribution in [0.25, 0.3) is 0 Å². The maximum absolute atomic E-state index is 14.0. The van der Waals surface area contributed by atoms with Crippen molar-refractivity contribution in [3.05, 3.63) is 58.9 Å². The summed E-state index contributed by atoms with van der Waals surface area (Å²) in [7, 11) is 0. The zero-order chi connectivity index (χ0) is 14.4. The molecule has 1 nitrogen and oxygen atoms in total. The van der Waals surface area contributed by atoms with Crippen LogP contribution in [-0.2, 0) is 6.54 Å². The molecule has 0 bridgehead atoms. The zero-order valence-corrected chi connectivity index (χ0v) is 12.9. The third-order valence-electron chi connectivity index (χ3n) is 2.79. The number of hydrogen-bond acceptors (Lipinski definition) is 2. The van der Waals surface area contributed by atoms with Crippen molar-refractivity contribution in [3.8, 4) is 0 Å². The maximum atomic E-state index is 14.0. The van der Waals surface area contributed by atoms with E-state index >= 15 is 0 Å². The van der Waals surface area contributed by atoms with Gasteiger partial charge in [0.1, 0.15) is 5.82 Å². The lowest BCUT2D eigenvalue weighted by atomic mass is 10.2. The Morgan fingerprint density at radius 1 is 1.15 bits per heavy atom. The molecule has 106 valence electrons. The van der Waals surface area contributed by atoms with Crippen LogP contribution in [0.2, 0.25) is 5.02 Å². The highest BCUT2D eigenvalue weighted by Crippen LogP contribution is 2.30. The van der Waals surface area contributed by atoms with Crippen LogP contribution in [0.15, 0.2) is 52.3 Å².